The molecule has 0 aliphatic carbocycles. The molecule has 0 saturated heterocycles. The molecule has 0 fully saturated rings. The molecular formula is CH4OS2Si. The molecule has 4 heteroatoms. The Morgan fingerprint density at radius 2 is 2.20 bits per heavy atom. The van der Waals surface area contributed by atoms with Crippen LogP contribution in [0.1, 0.15) is 0 Å². The lowest BCUT2D eigenvalue weighted by Crippen LogP contribution is -1.82. The Labute approximate surface area is 44.7 Å². The van der Waals surface area contributed by atoms with E-state index >= 15 is 0 Å². The van der Waals surface area contributed by atoms with Gasteiger partial charge in [-0.15, -0.1) is 0 Å². The van der Waals surface area contributed by atoms with Gasteiger partial charge >= 0.3 is 0 Å². The Morgan fingerprint density at radius 1 is 2.00 bits per heavy atom. The molecule has 0 aromatic heterocycles. The van der Waals surface area contributed by atoms with E-state index in [9.17, 15) is 0 Å². The fourth-order valence-electron chi connectivity index (χ4n) is 0. The summed E-state index contributed by atoms with van der Waals surface area (Å²) in [6.45, 7) is 0. The maximum atomic E-state index is 4.48. The molecule has 0 radical (unpaired) electrons. The molecule has 0 aliphatic rings. The fourth-order valence-corrected chi connectivity index (χ4v) is 0. The van der Waals surface area contributed by atoms with E-state index in [2.05, 4.69) is 29.3 Å². The van der Waals surface area contributed by atoms with Crippen LogP contribution in [0.4, 0.5) is 0 Å². The van der Waals surface area contributed by atoms with Crippen LogP contribution < -0.4 is 0 Å². The van der Waals surface area contributed by atoms with Gasteiger partial charge in [-0.2, -0.15) is 0 Å². The van der Waals surface area contributed by atoms with Gasteiger partial charge in [0.05, 0.1) is 0 Å². The van der Waals surface area contributed by atoms with Crippen LogP contribution in [0.2, 0.25) is 0 Å². The summed E-state index contributed by atoms with van der Waals surface area (Å²) in [6, 6.07) is 0. The molecule has 0 unspecified atom stereocenters. The van der Waals surface area contributed by atoms with Gasteiger partial charge < -0.3 is 4.43 Å². The summed E-state index contributed by atoms with van der Waals surface area (Å²) >= 11 is 8.02. The molecule has 0 aromatic carbocycles. The first-order chi connectivity index (χ1) is 2.27. The largest absolute Gasteiger partial charge is 0.541 e. The van der Waals surface area contributed by atoms with Crippen LogP contribution in [0.15, 0.2) is 0 Å². The Balaban J connectivity index is 2.85. The molecule has 0 bridgehead atoms. The van der Waals surface area contributed by atoms with Crippen LogP contribution in [-0.4, -0.2) is 14.9 Å². The van der Waals surface area contributed by atoms with Crippen molar-refractivity contribution >= 4 is 39.7 Å². The van der Waals surface area contributed by atoms with Crippen molar-refractivity contribution < 1.29 is 4.43 Å². The quantitative estimate of drug-likeness (QED) is 0.265. The van der Waals surface area contributed by atoms with E-state index in [1.165, 1.54) is 0 Å². The molecule has 0 spiro atoms. The molecule has 30 valence electrons. The zero-order chi connectivity index (χ0) is 4.28. The van der Waals surface area contributed by atoms with Crippen LogP contribution in [0.5, 0.6) is 0 Å². The van der Waals surface area contributed by atoms with Crippen molar-refractivity contribution in [3.8, 4) is 0 Å². The monoisotopic (exact) mass is 124 g/mol. The van der Waals surface area contributed by atoms with Crippen LogP contribution in [0, 0.1) is 0 Å². The van der Waals surface area contributed by atoms with Gasteiger partial charge in [0.1, 0.15) is 0 Å². The first-order valence-electron chi connectivity index (χ1n) is 1.04. The van der Waals surface area contributed by atoms with E-state index in [0.717, 1.165) is 0 Å². The molecule has 0 rings (SSSR count). The summed E-state index contributed by atoms with van der Waals surface area (Å²) in [4.78, 5) is 0. The van der Waals surface area contributed by atoms with Gasteiger partial charge in [0.25, 0.3) is 0 Å². The Hall–Kier alpha value is 0.457. The maximum Gasteiger partial charge on any atom is 0.205 e. The summed E-state index contributed by atoms with van der Waals surface area (Å²) in [5.41, 5.74) is 0. The molecule has 1 nitrogen and oxygen atoms in total. The first-order valence-corrected chi connectivity index (χ1v) is 2.71. The predicted octanol–water partition coefficient (Wildman–Crippen LogP) is -0.502. The third-order valence-corrected chi connectivity index (χ3v) is 1.57. The highest BCUT2D eigenvalue weighted by Gasteiger charge is 1.69. The third-order valence-electron chi connectivity index (χ3n) is 0.175. The number of thiocarbonyl (C=S) groups is 1. The van der Waals surface area contributed by atoms with Crippen molar-refractivity contribution in [2.75, 3.05) is 0 Å². The van der Waals surface area contributed by atoms with E-state index in [1.807, 2.05) is 0 Å². The maximum absolute atomic E-state index is 4.48. The van der Waals surface area contributed by atoms with Crippen molar-refractivity contribution in [2.24, 2.45) is 0 Å². The highest BCUT2D eigenvalue weighted by Crippen LogP contribution is 1.78. The number of hydrogen-bond acceptors (Lipinski definition) is 2. The lowest BCUT2D eigenvalue weighted by atomic mass is 11.7. The zero-order valence-corrected chi connectivity index (χ0v) is 6.47. The second kappa shape index (κ2) is 2.68. The normalized spacial score (nSPS) is 7.40. The SMILES string of the molecule is [SiH3]OC(=S)S. The number of hydrogen-bond donors (Lipinski definition) is 1. The van der Waals surface area contributed by atoms with Crippen LogP contribution >= 0.6 is 24.8 Å². The fraction of sp³-hybridized carbons (Fsp3) is 0. The standard InChI is InChI=1S/CH4OS2Si/c3-1(4)2-5/h5H3,(H,3,4). The lowest BCUT2D eigenvalue weighted by Gasteiger charge is -1.85. The highest BCUT2D eigenvalue weighted by atomic mass is 32.1. The predicted molar refractivity (Wildman–Crippen MR) is 32.6 cm³/mol. The Morgan fingerprint density at radius 3 is 2.20 bits per heavy atom. The molecule has 0 amide bonds. The molecule has 0 aromatic rings. The van der Waals surface area contributed by atoms with E-state index in [1.54, 1.807) is 0 Å². The minimum atomic E-state index is 0.344. The molecule has 0 N–H and O–H groups in total. The van der Waals surface area contributed by atoms with Gasteiger partial charge in [-0.05, 0) is 12.2 Å². The first kappa shape index (κ1) is 5.46. The number of thiol groups is 1. The second-order valence-electron chi connectivity index (χ2n) is 0.470. The highest BCUT2D eigenvalue weighted by molar-refractivity contribution is 8.10. The Kier molecular flexibility index (Phi) is 2.93. The van der Waals surface area contributed by atoms with Crippen molar-refractivity contribution in [3.05, 3.63) is 0 Å². The van der Waals surface area contributed by atoms with Gasteiger partial charge in [0.2, 0.25) is 14.9 Å². The topological polar surface area (TPSA) is 9.23 Å². The van der Waals surface area contributed by atoms with Gasteiger partial charge in [-0.1, -0.05) is 12.6 Å². The summed E-state index contributed by atoms with van der Waals surface area (Å²) in [5.74, 6) is 0. The smallest absolute Gasteiger partial charge is 0.205 e. The molecule has 5 heavy (non-hydrogen) atoms. The molecule has 0 saturated carbocycles. The van der Waals surface area contributed by atoms with Crippen molar-refractivity contribution in [3.63, 3.8) is 0 Å². The van der Waals surface area contributed by atoms with E-state index < -0.39 is 0 Å². The van der Waals surface area contributed by atoms with Crippen LogP contribution in [-0.2, 0) is 4.43 Å². The molecule has 0 aliphatic heterocycles. The van der Waals surface area contributed by atoms with E-state index in [0.29, 0.717) is 14.9 Å². The van der Waals surface area contributed by atoms with Crippen molar-refractivity contribution in [1.82, 2.24) is 0 Å². The zero-order valence-electron chi connectivity index (χ0n) is 2.76. The van der Waals surface area contributed by atoms with Crippen molar-refractivity contribution in [2.45, 2.75) is 0 Å². The molecule has 0 heterocycles. The summed E-state index contributed by atoms with van der Waals surface area (Å²) in [6.07, 6.45) is 0. The van der Waals surface area contributed by atoms with Crippen molar-refractivity contribution in [1.29, 1.82) is 0 Å². The average Bonchev–Trinajstić information content (AvgIpc) is 1.38. The molecule has 0 atom stereocenters. The minimum absolute atomic E-state index is 0.344. The van der Waals surface area contributed by atoms with Crippen LogP contribution in [0.3, 0.4) is 0 Å². The summed E-state index contributed by atoms with van der Waals surface area (Å²) in [5, 5.41) is 0. The van der Waals surface area contributed by atoms with Gasteiger partial charge in [0, 0.05) is 0 Å². The summed E-state index contributed by atoms with van der Waals surface area (Å²) in [7, 11) is 0.656. The average molecular weight is 124 g/mol. The Bertz CT molecular complexity index is 44.9. The molecular weight excluding hydrogens is 120 g/mol. The lowest BCUT2D eigenvalue weighted by molar-refractivity contribution is 0.648. The number of rotatable bonds is 0. The second-order valence-corrected chi connectivity index (χ2v) is 1.96. The van der Waals surface area contributed by atoms with Gasteiger partial charge in [-0.3, -0.25) is 0 Å². The third kappa shape index (κ3) is 4.46. The van der Waals surface area contributed by atoms with Gasteiger partial charge in [-0.25, -0.2) is 0 Å². The van der Waals surface area contributed by atoms with Gasteiger partial charge in [0.15, 0.2) is 0 Å². The minimum Gasteiger partial charge on any atom is -0.541 e. The van der Waals surface area contributed by atoms with E-state index in [-0.39, 0.29) is 0 Å². The summed E-state index contributed by atoms with van der Waals surface area (Å²) < 4.78 is 4.83. The van der Waals surface area contributed by atoms with E-state index in [4.69, 9.17) is 0 Å². The van der Waals surface area contributed by atoms with Crippen LogP contribution in [0.25, 0.3) is 0 Å².